The number of nitrogens with zero attached hydrogens (tertiary/aromatic N) is 1. The van der Waals surface area contributed by atoms with E-state index in [1.54, 1.807) is 23.1 Å². The summed E-state index contributed by atoms with van der Waals surface area (Å²) in [5.41, 5.74) is 1.22. The van der Waals surface area contributed by atoms with Gasteiger partial charge in [0.1, 0.15) is 11.8 Å². The standard InChI is InChI=1S/C27H36Cl2N2O3/c1-8-22(25(33)30-27(5,6)7)31(16-18-13-14-20(28)21(29)15-18)24(32)17-34-23-12-10-9-11-19(23)26(2,3)4/h9-15,22H,8,16-17H2,1-7H3,(H,30,33)/t22-/m0/s1. The molecule has 0 saturated carbocycles. The van der Waals surface area contributed by atoms with Crippen molar-refractivity contribution < 1.29 is 14.3 Å². The maximum Gasteiger partial charge on any atom is 0.261 e. The van der Waals surface area contributed by atoms with Crippen LogP contribution in [0.3, 0.4) is 0 Å². The van der Waals surface area contributed by atoms with Gasteiger partial charge in [0, 0.05) is 12.1 Å². The lowest BCUT2D eigenvalue weighted by molar-refractivity contribution is -0.143. The van der Waals surface area contributed by atoms with Crippen molar-refractivity contribution in [3.8, 4) is 5.75 Å². The van der Waals surface area contributed by atoms with E-state index in [-0.39, 0.29) is 30.4 Å². The summed E-state index contributed by atoms with van der Waals surface area (Å²) in [4.78, 5) is 28.1. The number of benzene rings is 2. The van der Waals surface area contributed by atoms with Gasteiger partial charge in [-0.3, -0.25) is 9.59 Å². The van der Waals surface area contributed by atoms with Crippen molar-refractivity contribution in [1.82, 2.24) is 10.2 Å². The predicted molar refractivity (Wildman–Crippen MR) is 140 cm³/mol. The summed E-state index contributed by atoms with van der Waals surface area (Å²) in [6, 6.07) is 12.2. The third kappa shape index (κ3) is 7.92. The molecule has 0 bridgehead atoms. The Morgan fingerprint density at radius 1 is 1.00 bits per heavy atom. The van der Waals surface area contributed by atoms with E-state index >= 15 is 0 Å². The summed E-state index contributed by atoms with van der Waals surface area (Å²) in [5.74, 6) is 0.161. The van der Waals surface area contributed by atoms with Gasteiger partial charge in [-0.1, -0.05) is 75.2 Å². The zero-order chi connectivity index (χ0) is 25.7. The Bertz CT molecular complexity index is 1010. The van der Waals surface area contributed by atoms with Gasteiger partial charge in [0.25, 0.3) is 5.91 Å². The number of ether oxygens (including phenoxy) is 1. The van der Waals surface area contributed by atoms with Crippen molar-refractivity contribution >= 4 is 35.0 Å². The van der Waals surface area contributed by atoms with Gasteiger partial charge in [-0.25, -0.2) is 0 Å². The van der Waals surface area contributed by atoms with Crippen molar-refractivity contribution in [2.24, 2.45) is 0 Å². The van der Waals surface area contributed by atoms with E-state index in [1.165, 1.54) is 0 Å². The molecule has 2 amide bonds. The molecule has 0 aliphatic heterocycles. The zero-order valence-corrected chi connectivity index (χ0v) is 22.7. The van der Waals surface area contributed by atoms with Crippen LogP contribution in [0.15, 0.2) is 42.5 Å². The second kappa shape index (κ2) is 11.5. The lowest BCUT2D eigenvalue weighted by atomic mass is 9.86. The number of halogens is 2. The molecule has 0 aliphatic rings. The van der Waals surface area contributed by atoms with Gasteiger partial charge < -0.3 is 15.0 Å². The molecular formula is C27H36Cl2N2O3. The molecule has 1 atom stereocenters. The molecule has 0 unspecified atom stereocenters. The molecule has 0 heterocycles. The van der Waals surface area contributed by atoms with Gasteiger partial charge in [-0.05, 0) is 61.9 Å². The number of para-hydroxylation sites is 1. The lowest BCUT2D eigenvalue weighted by Gasteiger charge is -2.33. The van der Waals surface area contributed by atoms with E-state index in [4.69, 9.17) is 27.9 Å². The minimum absolute atomic E-state index is 0.141. The lowest BCUT2D eigenvalue weighted by Crippen LogP contribution is -2.54. The normalized spacial score (nSPS) is 12.7. The first-order chi connectivity index (χ1) is 15.7. The number of hydrogen-bond acceptors (Lipinski definition) is 3. The van der Waals surface area contributed by atoms with Crippen LogP contribution in [0, 0.1) is 0 Å². The summed E-state index contributed by atoms with van der Waals surface area (Å²) in [6.45, 7) is 13.9. The Morgan fingerprint density at radius 2 is 1.65 bits per heavy atom. The van der Waals surface area contributed by atoms with Crippen LogP contribution in [-0.2, 0) is 21.5 Å². The van der Waals surface area contributed by atoms with Crippen LogP contribution in [0.5, 0.6) is 5.75 Å². The van der Waals surface area contributed by atoms with Crippen molar-refractivity contribution in [2.75, 3.05) is 6.61 Å². The fourth-order valence-electron chi connectivity index (χ4n) is 3.64. The molecule has 5 nitrogen and oxygen atoms in total. The number of nitrogens with one attached hydrogen (secondary N) is 1. The molecule has 0 spiro atoms. The van der Waals surface area contributed by atoms with Gasteiger partial charge in [-0.15, -0.1) is 0 Å². The monoisotopic (exact) mass is 506 g/mol. The molecule has 2 aromatic carbocycles. The highest BCUT2D eigenvalue weighted by atomic mass is 35.5. The van der Waals surface area contributed by atoms with Crippen LogP contribution in [0.2, 0.25) is 10.0 Å². The average Bonchev–Trinajstić information content (AvgIpc) is 2.72. The molecule has 186 valence electrons. The van der Waals surface area contributed by atoms with E-state index in [0.29, 0.717) is 22.2 Å². The van der Waals surface area contributed by atoms with E-state index in [0.717, 1.165) is 11.1 Å². The molecule has 2 rings (SSSR count). The summed E-state index contributed by atoms with van der Waals surface area (Å²) in [7, 11) is 0. The largest absolute Gasteiger partial charge is 0.483 e. The highest BCUT2D eigenvalue weighted by Crippen LogP contribution is 2.31. The molecule has 0 saturated heterocycles. The molecule has 2 aromatic rings. The van der Waals surface area contributed by atoms with Gasteiger partial charge in [0.15, 0.2) is 6.61 Å². The van der Waals surface area contributed by atoms with Gasteiger partial charge in [0.2, 0.25) is 5.91 Å². The van der Waals surface area contributed by atoms with Crippen LogP contribution in [0.1, 0.15) is 66.0 Å². The first-order valence-corrected chi connectivity index (χ1v) is 12.3. The average molecular weight is 508 g/mol. The molecule has 0 aromatic heterocycles. The minimum atomic E-state index is -0.664. The highest BCUT2D eigenvalue weighted by molar-refractivity contribution is 6.42. The smallest absolute Gasteiger partial charge is 0.261 e. The molecule has 0 fully saturated rings. The van der Waals surface area contributed by atoms with Crippen molar-refractivity contribution in [1.29, 1.82) is 0 Å². The second-order valence-electron chi connectivity index (χ2n) is 10.5. The molecule has 34 heavy (non-hydrogen) atoms. The van der Waals surface area contributed by atoms with Crippen molar-refractivity contribution in [3.63, 3.8) is 0 Å². The topological polar surface area (TPSA) is 58.6 Å². The zero-order valence-electron chi connectivity index (χ0n) is 21.2. The Kier molecular flexibility index (Phi) is 9.44. The Morgan fingerprint density at radius 3 is 2.21 bits per heavy atom. The van der Waals surface area contributed by atoms with E-state index in [2.05, 4.69) is 26.1 Å². The number of carbonyl (C=O) groups is 2. The van der Waals surface area contributed by atoms with Crippen molar-refractivity contribution in [3.05, 3.63) is 63.6 Å². The van der Waals surface area contributed by atoms with Crippen LogP contribution >= 0.6 is 23.2 Å². The number of rotatable bonds is 8. The van der Waals surface area contributed by atoms with Crippen molar-refractivity contribution in [2.45, 2.75) is 78.4 Å². The molecular weight excluding hydrogens is 471 g/mol. The van der Waals surface area contributed by atoms with Crippen LogP contribution < -0.4 is 10.1 Å². The second-order valence-corrected chi connectivity index (χ2v) is 11.3. The van der Waals surface area contributed by atoms with Gasteiger partial charge in [0.05, 0.1) is 10.0 Å². The molecule has 0 radical (unpaired) electrons. The number of hydrogen-bond donors (Lipinski definition) is 1. The van der Waals surface area contributed by atoms with Crippen LogP contribution in [0.4, 0.5) is 0 Å². The summed E-state index contributed by atoms with van der Waals surface area (Å²) < 4.78 is 5.99. The third-order valence-electron chi connectivity index (χ3n) is 5.27. The number of carbonyl (C=O) groups excluding carboxylic acids is 2. The van der Waals surface area contributed by atoms with E-state index in [1.807, 2.05) is 52.0 Å². The van der Waals surface area contributed by atoms with E-state index in [9.17, 15) is 9.59 Å². The number of amides is 2. The van der Waals surface area contributed by atoms with Crippen LogP contribution in [0.25, 0.3) is 0 Å². The van der Waals surface area contributed by atoms with Gasteiger partial charge >= 0.3 is 0 Å². The van der Waals surface area contributed by atoms with Gasteiger partial charge in [-0.2, -0.15) is 0 Å². The SMILES string of the molecule is CC[C@@H](C(=O)NC(C)(C)C)N(Cc1ccc(Cl)c(Cl)c1)C(=O)COc1ccccc1C(C)(C)C. The molecule has 7 heteroatoms. The maximum atomic E-state index is 13.5. The Labute approximate surface area is 213 Å². The maximum absolute atomic E-state index is 13.5. The third-order valence-corrected chi connectivity index (χ3v) is 6.01. The van der Waals surface area contributed by atoms with Crippen LogP contribution in [-0.4, -0.2) is 34.9 Å². The fourth-order valence-corrected chi connectivity index (χ4v) is 3.96. The molecule has 0 aliphatic carbocycles. The Hall–Kier alpha value is -2.24. The summed E-state index contributed by atoms with van der Waals surface area (Å²) in [5, 5.41) is 3.82. The fraction of sp³-hybridized carbons (Fsp3) is 0.481. The molecule has 1 N–H and O–H groups in total. The highest BCUT2D eigenvalue weighted by Gasteiger charge is 2.31. The predicted octanol–water partition coefficient (Wildman–Crippen LogP) is 6.39. The summed E-state index contributed by atoms with van der Waals surface area (Å²) in [6.07, 6.45) is 0.452. The quantitative estimate of drug-likeness (QED) is 0.450. The van der Waals surface area contributed by atoms with E-state index < -0.39 is 11.6 Å². The first kappa shape index (κ1) is 28.0. The Balaban J connectivity index is 2.33. The minimum Gasteiger partial charge on any atom is -0.483 e. The summed E-state index contributed by atoms with van der Waals surface area (Å²) >= 11 is 12.3. The first-order valence-electron chi connectivity index (χ1n) is 11.5.